The molecule has 4 nitrogen and oxygen atoms in total. The van der Waals surface area contributed by atoms with Crippen molar-refractivity contribution in [3.8, 4) is 5.75 Å². The molecule has 0 aromatic heterocycles. The molecule has 1 aromatic rings. The minimum Gasteiger partial charge on any atom is -0.496 e. The van der Waals surface area contributed by atoms with Gasteiger partial charge in [0.15, 0.2) is 6.29 Å². The van der Waals surface area contributed by atoms with Crippen molar-refractivity contribution in [1.29, 1.82) is 0 Å². The highest BCUT2D eigenvalue weighted by atomic mass is 35.5. The van der Waals surface area contributed by atoms with Crippen molar-refractivity contribution in [3.05, 3.63) is 28.8 Å². The Hall–Kier alpha value is -0.810. The number of aliphatic hydroxyl groups excluding tert-OH is 1. The first-order valence-corrected chi connectivity index (χ1v) is 6.30. The molecule has 0 amide bonds. The van der Waals surface area contributed by atoms with Gasteiger partial charge in [0.05, 0.1) is 26.4 Å². The van der Waals surface area contributed by atoms with Gasteiger partial charge < -0.3 is 19.3 Å². The first-order valence-electron chi connectivity index (χ1n) is 5.92. The number of rotatable bonds is 5. The van der Waals surface area contributed by atoms with Crippen LogP contribution in [0.25, 0.3) is 0 Å². The Kier molecular flexibility index (Phi) is 4.83. The minimum atomic E-state index is -0.541. The van der Waals surface area contributed by atoms with Crippen molar-refractivity contribution >= 4 is 11.6 Å². The molecule has 1 heterocycles. The second-order valence-corrected chi connectivity index (χ2v) is 4.66. The highest BCUT2D eigenvalue weighted by Crippen LogP contribution is 2.25. The molecule has 1 aliphatic heterocycles. The Labute approximate surface area is 111 Å². The second-order valence-electron chi connectivity index (χ2n) is 4.22. The largest absolute Gasteiger partial charge is 0.496 e. The number of methoxy groups -OCH3 is 1. The molecular formula is C13H17ClO4. The molecule has 0 radical (unpaired) electrons. The van der Waals surface area contributed by atoms with Crippen LogP contribution >= 0.6 is 11.6 Å². The lowest BCUT2D eigenvalue weighted by Gasteiger charge is -2.16. The van der Waals surface area contributed by atoms with Gasteiger partial charge in [-0.15, -0.1) is 0 Å². The summed E-state index contributed by atoms with van der Waals surface area (Å²) in [5, 5.41) is 10.6. The summed E-state index contributed by atoms with van der Waals surface area (Å²) in [6, 6.07) is 5.37. The third-order valence-electron chi connectivity index (χ3n) is 2.85. The number of hydrogen-bond donors (Lipinski definition) is 1. The van der Waals surface area contributed by atoms with Gasteiger partial charge in [0, 0.05) is 17.9 Å². The molecule has 2 rings (SSSR count). The summed E-state index contributed by atoms with van der Waals surface area (Å²) in [6.07, 6.45) is 0.0773. The topological polar surface area (TPSA) is 47.9 Å². The van der Waals surface area contributed by atoms with Crippen LogP contribution in [0.5, 0.6) is 5.75 Å². The molecule has 1 saturated heterocycles. The summed E-state index contributed by atoms with van der Waals surface area (Å²) < 4.78 is 15.8. The number of ether oxygens (including phenoxy) is 3. The van der Waals surface area contributed by atoms with E-state index in [0.29, 0.717) is 31.1 Å². The molecule has 1 aliphatic rings. The van der Waals surface area contributed by atoms with Crippen LogP contribution in [0.4, 0.5) is 0 Å². The van der Waals surface area contributed by atoms with E-state index in [1.165, 1.54) is 0 Å². The minimum absolute atomic E-state index is 0.301. The van der Waals surface area contributed by atoms with Gasteiger partial charge in [0.25, 0.3) is 0 Å². The van der Waals surface area contributed by atoms with Gasteiger partial charge in [-0.25, -0.2) is 0 Å². The first kappa shape index (κ1) is 13.6. The van der Waals surface area contributed by atoms with Crippen LogP contribution in [0, 0.1) is 0 Å². The zero-order chi connectivity index (χ0) is 13.0. The van der Waals surface area contributed by atoms with Crippen molar-refractivity contribution in [2.45, 2.75) is 25.2 Å². The summed E-state index contributed by atoms with van der Waals surface area (Å²) in [5.74, 6) is 0.728. The van der Waals surface area contributed by atoms with Crippen molar-refractivity contribution < 1.29 is 19.3 Å². The predicted molar refractivity (Wildman–Crippen MR) is 68.0 cm³/mol. The summed E-state index contributed by atoms with van der Waals surface area (Å²) in [6.45, 7) is 1.19. The third-order valence-corrected chi connectivity index (χ3v) is 3.09. The quantitative estimate of drug-likeness (QED) is 0.891. The van der Waals surface area contributed by atoms with E-state index >= 15 is 0 Å². The molecule has 0 spiro atoms. The van der Waals surface area contributed by atoms with Crippen LogP contribution in [0.1, 0.15) is 12.0 Å². The Morgan fingerprint density at radius 3 is 2.83 bits per heavy atom. The second kappa shape index (κ2) is 6.38. The maximum atomic E-state index is 10.0. The summed E-state index contributed by atoms with van der Waals surface area (Å²) in [4.78, 5) is 0. The molecule has 0 bridgehead atoms. The fourth-order valence-corrected chi connectivity index (χ4v) is 2.20. The van der Waals surface area contributed by atoms with E-state index in [9.17, 15) is 5.11 Å². The molecule has 1 aromatic carbocycles. The molecule has 1 atom stereocenters. The fourth-order valence-electron chi connectivity index (χ4n) is 2.01. The van der Waals surface area contributed by atoms with Crippen LogP contribution < -0.4 is 4.74 Å². The average molecular weight is 273 g/mol. The van der Waals surface area contributed by atoms with Gasteiger partial charge in [0.1, 0.15) is 5.75 Å². The van der Waals surface area contributed by atoms with Gasteiger partial charge >= 0.3 is 0 Å². The lowest BCUT2D eigenvalue weighted by Crippen LogP contribution is -2.20. The number of aliphatic hydroxyl groups is 1. The fraction of sp³-hybridized carbons (Fsp3) is 0.538. The van der Waals surface area contributed by atoms with Gasteiger partial charge in [-0.2, -0.15) is 0 Å². The van der Waals surface area contributed by atoms with E-state index in [4.69, 9.17) is 25.8 Å². The van der Waals surface area contributed by atoms with Crippen LogP contribution in [0.3, 0.4) is 0 Å². The Bertz CT molecular complexity index is 391. The third kappa shape index (κ3) is 3.59. The molecule has 1 N–H and O–H groups in total. The normalized spacial score (nSPS) is 17.9. The molecule has 1 unspecified atom stereocenters. The zero-order valence-corrected chi connectivity index (χ0v) is 11.0. The Morgan fingerprint density at radius 2 is 2.17 bits per heavy atom. The summed E-state index contributed by atoms with van der Waals surface area (Å²) in [5.41, 5.74) is 0.885. The van der Waals surface area contributed by atoms with E-state index in [1.54, 1.807) is 25.3 Å². The van der Waals surface area contributed by atoms with E-state index < -0.39 is 6.10 Å². The lowest BCUT2D eigenvalue weighted by atomic mass is 10.0. The predicted octanol–water partition coefficient (Wildman–Crippen LogP) is 2.01. The van der Waals surface area contributed by atoms with Gasteiger partial charge in [-0.3, -0.25) is 0 Å². The van der Waals surface area contributed by atoms with Crippen molar-refractivity contribution in [2.75, 3.05) is 20.3 Å². The van der Waals surface area contributed by atoms with Gasteiger partial charge in [0.2, 0.25) is 0 Å². The Balaban J connectivity index is 1.96. The monoisotopic (exact) mass is 272 g/mol. The standard InChI is InChI=1S/C13H17ClO4/c1-16-12-3-2-10(14)6-9(12)7-11(15)8-13-17-4-5-18-13/h2-3,6,11,13,15H,4-5,7-8H2,1H3. The van der Waals surface area contributed by atoms with E-state index in [1.807, 2.05) is 0 Å². The zero-order valence-electron chi connectivity index (χ0n) is 10.3. The molecule has 5 heteroatoms. The van der Waals surface area contributed by atoms with E-state index in [2.05, 4.69) is 0 Å². The van der Waals surface area contributed by atoms with Gasteiger partial charge in [-0.1, -0.05) is 11.6 Å². The lowest BCUT2D eigenvalue weighted by molar-refractivity contribution is -0.0698. The number of benzene rings is 1. The SMILES string of the molecule is COc1ccc(Cl)cc1CC(O)CC1OCCO1. The maximum absolute atomic E-state index is 10.0. The van der Waals surface area contributed by atoms with Crippen LogP contribution in [0.15, 0.2) is 18.2 Å². The highest BCUT2D eigenvalue weighted by Gasteiger charge is 2.21. The van der Waals surface area contributed by atoms with Gasteiger partial charge in [-0.05, 0) is 23.8 Å². The van der Waals surface area contributed by atoms with Crippen LogP contribution in [-0.4, -0.2) is 37.8 Å². The number of hydrogen-bond acceptors (Lipinski definition) is 4. The smallest absolute Gasteiger partial charge is 0.160 e. The van der Waals surface area contributed by atoms with Crippen molar-refractivity contribution in [2.24, 2.45) is 0 Å². The van der Waals surface area contributed by atoms with Crippen LogP contribution in [0.2, 0.25) is 5.02 Å². The molecular weight excluding hydrogens is 256 g/mol. The molecule has 1 fully saturated rings. The Morgan fingerprint density at radius 1 is 1.44 bits per heavy atom. The maximum Gasteiger partial charge on any atom is 0.160 e. The van der Waals surface area contributed by atoms with Crippen molar-refractivity contribution in [1.82, 2.24) is 0 Å². The summed E-state index contributed by atoms with van der Waals surface area (Å²) >= 11 is 5.94. The first-order chi connectivity index (χ1) is 8.69. The molecule has 0 saturated carbocycles. The molecule has 100 valence electrons. The van der Waals surface area contributed by atoms with Crippen LogP contribution in [-0.2, 0) is 15.9 Å². The average Bonchev–Trinajstić information content (AvgIpc) is 2.82. The highest BCUT2D eigenvalue weighted by molar-refractivity contribution is 6.30. The van der Waals surface area contributed by atoms with Crippen molar-refractivity contribution in [3.63, 3.8) is 0 Å². The molecule has 0 aliphatic carbocycles. The van der Waals surface area contributed by atoms with E-state index in [-0.39, 0.29) is 6.29 Å². The number of halogens is 1. The van der Waals surface area contributed by atoms with E-state index in [0.717, 1.165) is 11.3 Å². The summed E-state index contributed by atoms with van der Waals surface area (Å²) in [7, 11) is 1.60. The molecule has 18 heavy (non-hydrogen) atoms.